The first-order valence-corrected chi connectivity index (χ1v) is 6.05. The largest absolute Gasteiger partial charge is 0.494 e. The Morgan fingerprint density at radius 2 is 1.94 bits per heavy atom. The molecule has 1 aromatic carbocycles. The average Bonchev–Trinajstić information content (AvgIpc) is 2.70. The van der Waals surface area contributed by atoms with E-state index in [2.05, 4.69) is 17.6 Å². The Balaban J connectivity index is 1.99. The van der Waals surface area contributed by atoms with E-state index in [9.17, 15) is 9.59 Å². The number of unbranched alkanes of at least 4 members (excludes halogenated alkanes) is 1. The number of carbonyl (C=O) groups is 2. The summed E-state index contributed by atoms with van der Waals surface area (Å²) in [6.45, 7) is 2.80. The van der Waals surface area contributed by atoms with Crippen molar-refractivity contribution in [2.75, 3.05) is 6.61 Å². The van der Waals surface area contributed by atoms with Crippen molar-refractivity contribution in [2.45, 2.75) is 25.8 Å². The lowest BCUT2D eigenvalue weighted by Gasteiger charge is -2.09. The van der Waals surface area contributed by atoms with Gasteiger partial charge in [-0.25, -0.2) is 4.79 Å². The Bertz CT molecular complexity index is 442. The number of hydrogen-bond acceptors (Lipinski definition) is 3. The highest BCUT2D eigenvalue weighted by atomic mass is 16.5. The van der Waals surface area contributed by atoms with E-state index in [1.165, 1.54) is 0 Å². The summed E-state index contributed by atoms with van der Waals surface area (Å²) in [6.07, 6.45) is 2.11. The molecule has 3 amide bonds. The lowest BCUT2D eigenvalue weighted by atomic mass is 10.1. The highest BCUT2D eigenvalue weighted by Gasteiger charge is 2.30. The van der Waals surface area contributed by atoms with E-state index in [0.717, 1.165) is 24.2 Å². The fourth-order valence-corrected chi connectivity index (χ4v) is 1.74. The van der Waals surface area contributed by atoms with Gasteiger partial charge in [-0.3, -0.25) is 10.1 Å². The molecule has 1 aromatic rings. The predicted molar refractivity (Wildman–Crippen MR) is 66.3 cm³/mol. The number of urea groups is 1. The minimum atomic E-state index is -0.595. The number of amides is 3. The summed E-state index contributed by atoms with van der Waals surface area (Å²) in [5.74, 6) is 0.455. The third-order valence-electron chi connectivity index (χ3n) is 2.75. The van der Waals surface area contributed by atoms with Gasteiger partial charge >= 0.3 is 6.03 Å². The molecule has 5 nitrogen and oxygen atoms in total. The van der Waals surface area contributed by atoms with E-state index < -0.39 is 12.1 Å². The summed E-state index contributed by atoms with van der Waals surface area (Å²) in [5.41, 5.74) is 0.751. The summed E-state index contributed by atoms with van der Waals surface area (Å²) in [5, 5.41) is 4.75. The third kappa shape index (κ3) is 2.80. The number of hydrogen-bond donors (Lipinski definition) is 2. The van der Waals surface area contributed by atoms with Crippen LogP contribution in [0.15, 0.2) is 24.3 Å². The highest BCUT2D eigenvalue weighted by molar-refractivity contribution is 6.04. The van der Waals surface area contributed by atoms with Crippen LogP contribution in [-0.2, 0) is 4.79 Å². The molecule has 1 aliphatic rings. The van der Waals surface area contributed by atoms with Crippen molar-refractivity contribution in [1.82, 2.24) is 10.6 Å². The average molecular weight is 248 g/mol. The van der Waals surface area contributed by atoms with E-state index >= 15 is 0 Å². The Labute approximate surface area is 106 Å². The standard InChI is InChI=1S/C13H16N2O3/c1-2-3-8-18-10-6-4-9(5-7-10)11-12(16)15-13(17)14-11/h4-7,11H,2-3,8H2,1H3,(H2,14,15,16,17). The number of ether oxygens (including phenoxy) is 1. The lowest BCUT2D eigenvalue weighted by molar-refractivity contribution is -0.120. The van der Waals surface area contributed by atoms with E-state index in [1.807, 2.05) is 12.1 Å². The SMILES string of the molecule is CCCCOc1ccc(C2NC(=O)NC2=O)cc1. The smallest absolute Gasteiger partial charge is 0.322 e. The molecule has 0 aromatic heterocycles. The van der Waals surface area contributed by atoms with Gasteiger partial charge in [0.1, 0.15) is 11.8 Å². The van der Waals surface area contributed by atoms with Gasteiger partial charge in [0.25, 0.3) is 5.91 Å². The summed E-state index contributed by atoms with van der Waals surface area (Å²) in [7, 11) is 0. The zero-order valence-corrected chi connectivity index (χ0v) is 10.2. The molecular formula is C13H16N2O3. The molecule has 1 unspecified atom stereocenters. The molecule has 0 bridgehead atoms. The molecule has 0 saturated carbocycles. The Hall–Kier alpha value is -2.04. The summed E-state index contributed by atoms with van der Waals surface area (Å²) >= 11 is 0. The van der Waals surface area contributed by atoms with Gasteiger partial charge in [0.2, 0.25) is 0 Å². The minimum absolute atomic E-state index is 0.320. The molecule has 18 heavy (non-hydrogen) atoms. The fraction of sp³-hybridized carbons (Fsp3) is 0.385. The third-order valence-corrected chi connectivity index (χ3v) is 2.75. The lowest BCUT2D eigenvalue weighted by Crippen LogP contribution is -2.22. The Morgan fingerprint density at radius 3 is 2.50 bits per heavy atom. The van der Waals surface area contributed by atoms with E-state index in [-0.39, 0.29) is 5.91 Å². The first-order valence-electron chi connectivity index (χ1n) is 6.05. The number of benzene rings is 1. The van der Waals surface area contributed by atoms with Crippen molar-refractivity contribution >= 4 is 11.9 Å². The van der Waals surface area contributed by atoms with Crippen molar-refractivity contribution in [3.8, 4) is 5.75 Å². The molecule has 5 heteroatoms. The molecule has 1 fully saturated rings. The second-order valence-corrected chi connectivity index (χ2v) is 4.17. The van der Waals surface area contributed by atoms with E-state index in [4.69, 9.17) is 4.74 Å². The van der Waals surface area contributed by atoms with Gasteiger partial charge in [-0.1, -0.05) is 25.5 Å². The van der Waals surface area contributed by atoms with Crippen molar-refractivity contribution in [3.05, 3.63) is 29.8 Å². The number of nitrogens with one attached hydrogen (secondary N) is 2. The topological polar surface area (TPSA) is 67.4 Å². The van der Waals surface area contributed by atoms with Crippen molar-refractivity contribution in [1.29, 1.82) is 0 Å². The molecule has 1 atom stereocenters. The molecule has 1 aliphatic heterocycles. The molecule has 1 heterocycles. The van der Waals surface area contributed by atoms with E-state index in [1.54, 1.807) is 12.1 Å². The molecule has 0 spiro atoms. The van der Waals surface area contributed by atoms with Gasteiger partial charge in [0.05, 0.1) is 6.61 Å². The van der Waals surface area contributed by atoms with Gasteiger partial charge in [-0.15, -0.1) is 0 Å². The zero-order chi connectivity index (χ0) is 13.0. The maximum absolute atomic E-state index is 11.5. The molecule has 2 N–H and O–H groups in total. The van der Waals surface area contributed by atoms with Crippen LogP contribution in [0.3, 0.4) is 0 Å². The second-order valence-electron chi connectivity index (χ2n) is 4.17. The van der Waals surface area contributed by atoms with Gasteiger partial charge in [0, 0.05) is 0 Å². The van der Waals surface area contributed by atoms with Crippen LogP contribution in [0.5, 0.6) is 5.75 Å². The molecule has 2 rings (SSSR count). The van der Waals surface area contributed by atoms with Gasteiger partial charge in [0.15, 0.2) is 0 Å². The Kier molecular flexibility index (Phi) is 3.82. The molecule has 96 valence electrons. The van der Waals surface area contributed by atoms with Crippen molar-refractivity contribution in [2.24, 2.45) is 0 Å². The van der Waals surface area contributed by atoms with Crippen LogP contribution < -0.4 is 15.4 Å². The Morgan fingerprint density at radius 1 is 1.22 bits per heavy atom. The van der Waals surface area contributed by atoms with Gasteiger partial charge < -0.3 is 10.1 Å². The highest BCUT2D eigenvalue weighted by Crippen LogP contribution is 2.20. The summed E-state index contributed by atoms with van der Waals surface area (Å²) in [6, 6.07) is 6.15. The van der Waals surface area contributed by atoms with Crippen LogP contribution >= 0.6 is 0 Å². The normalized spacial score (nSPS) is 18.4. The summed E-state index contributed by atoms with van der Waals surface area (Å²) < 4.78 is 5.52. The quantitative estimate of drug-likeness (QED) is 0.616. The van der Waals surface area contributed by atoms with Crippen LogP contribution in [0, 0.1) is 0 Å². The van der Waals surface area contributed by atoms with Crippen LogP contribution in [0.2, 0.25) is 0 Å². The molecule has 0 aliphatic carbocycles. The van der Waals surface area contributed by atoms with Crippen molar-refractivity contribution < 1.29 is 14.3 Å². The molecule has 1 saturated heterocycles. The number of imide groups is 1. The summed E-state index contributed by atoms with van der Waals surface area (Å²) in [4.78, 5) is 22.5. The van der Waals surface area contributed by atoms with Crippen LogP contribution in [0.1, 0.15) is 31.4 Å². The van der Waals surface area contributed by atoms with E-state index in [0.29, 0.717) is 6.61 Å². The second kappa shape index (κ2) is 5.53. The predicted octanol–water partition coefficient (Wildman–Crippen LogP) is 1.75. The van der Waals surface area contributed by atoms with Crippen LogP contribution in [0.25, 0.3) is 0 Å². The van der Waals surface area contributed by atoms with Crippen LogP contribution in [0.4, 0.5) is 4.79 Å². The maximum atomic E-state index is 11.5. The molecular weight excluding hydrogens is 232 g/mol. The maximum Gasteiger partial charge on any atom is 0.322 e. The number of carbonyl (C=O) groups excluding carboxylic acids is 2. The molecule has 0 radical (unpaired) electrons. The minimum Gasteiger partial charge on any atom is -0.494 e. The van der Waals surface area contributed by atoms with Crippen LogP contribution in [-0.4, -0.2) is 18.5 Å². The number of rotatable bonds is 5. The fourth-order valence-electron chi connectivity index (χ4n) is 1.74. The van der Waals surface area contributed by atoms with Gasteiger partial charge in [-0.2, -0.15) is 0 Å². The monoisotopic (exact) mass is 248 g/mol. The zero-order valence-electron chi connectivity index (χ0n) is 10.2. The van der Waals surface area contributed by atoms with Crippen molar-refractivity contribution in [3.63, 3.8) is 0 Å². The van der Waals surface area contributed by atoms with Gasteiger partial charge in [-0.05, 0) is 24.1 Å². The first-order chi connectivity index (χ1) is 8.70. The first kappa shape index (κ1) is 12.4.